The second-order valence-electron chi connectivity index (χ2n) is 4.73. The number of nitrogens with one attached hydrogen (secondary N) is 1. The smallest absolute Gasteiger partial charge is 0.109 e. The molecule has 0 fully saturated rings. The quantitative estimate of drug-likeness (QED) is 0.771. The normalized spacial score (nSPS) is 16.9. The summed E-state index contributed by atoms with van der Waals surface area (Å²) in [5, 5.41) is 8.01. The summed E-state index contributed by atoms with van der Waals surface area (Å²) in [5.41, 5.74) is 2.62. The molecule has 1 aliphatic rings. The Balaban J connectivity index is 2.49. The monoisotopic (exact) mass is 257 g/mol. The minimum atomic E-state index is 0.0518. The summed E-state index contributed by atoms with van der Waals surface area (Å²) in [5.74, 6) is 0. The molecule has 2 rings (SSSR count). The molecule has 0 atom stereocenters. The van der Waals surface area contributed by atoms with Crippen LogP contribution in [0.5, 0.6) is 0 Å². The largest absolute Gasteiger partial charge is 0.312 e. The van der Waals surface area contributed by atoms with E-state index >= 15 is 0 Å². The van der Waals surface area contributed by atoms with E-state index in [4.69, 9.17) is 0 Å². The maximum Gasteiger partial charge on any atom is 0.109 e. The third-order valence-corrected chi connectivity index (χ3v) is 3.29. The SMILES string of the molecule is CC(C)(C)n1nc2c(c1Br)CNCC2. The van der Waals surface area contributed by atoms with Crippen LogP contribution < -0.4 is 5.32 Å². The van der Waals surface area contributed by atoms with E-state index in [1.54, 1.807) is 0 Å². The first-order valence-corrected chi connectivity index (χ1v) is 5.77. The van der Waals surface area contributed by atoms with Crippen molar-refractivity contribution >= 4 is 15.9 Å². The molecule has 0 saturated heterocycles. The van der Waals surface area contributed by atoms with Crippen LogP contribution in [0.15, 0.2) is 4.60 Å². The van der Waals surface area contributed by atoms with Crippen molar-refractivity contribution in [1.82, 2.24) is 15.1 Å². The van der Waals surface area contributed by atoms with Crippen molar-refractivity contribution in [3.8, 4) is 0 Å². The Kier molecular flexibility index (Phi) is 2.43. The molecule has 0 unspecified atom stereocenters. The third kappa shape index (κ3) is 1.61. The highest BCUT2D eigenvalue weighted by atomic mass is 79.9. The number of hydrogen-bond donors (Lipinski definition) is 1. The van der Waals surface area contributed by atoms with Gasteiger partial charge in [0.1, 0.15) is 4.60 Å². The predicted octanol–water partition coefficient (Wildman–Crippen LogP) is 2.05. The molecule has 2 heterocycles. The fourth-order valence-corrected chi connectivity index (χ4v) is 2.69. The van der Waals surface area contributed by atoms with Crippen LogP contribution in [0.2, 0.25) is 0 Å². The first-order chi connectivity index (χ1) is 6.50. The van der Waals surface area contributed by atoms with Gasteiger partial charge in [-0.25, -0.2) is 0 Å². The lowest BCUT2D eigenvalue weighted by Crippen LogP contribution is -2.23. The molecule has 1 N–H and O–H groups in total. The maximum atomic E-state index is 4.65. The first-order valence-electron chi connectivity index (χ1n) is 4.97. The topological polar surface area (TPSA) is 29.9 Å². The molecule has 0 saturated carbocycles. The van der Waals surface area contributed by atoms with Crippen molar-refractivity contribution < 1.29 is 0 Å². The summed E-state index contributed by atoms with van der Waals surface area (Å²) in [7, 11) is 0. The van der Waals surface area contributed by atoms with Crippen LogP contribution in [0.1, 0.15) is 32.0 Å². The highest BCUT2D eigenvalue weighted by Gasteiger charge is 2.24. The molecule has 1 aromatic heterocycles. The van der Waals surface area contributed by atoms with E-state index in [1.165, 1.54) is 11.3 Å². The molecule has 0 aliphatic carbocycles. The molecule has 3 nitrogen and oxygen atoms in total. The highest BCUT2D eigenvalue weighted by molar-refractivity contribution is 9.10. The average molecular weight is 258 g/mol. The predicted molar refractivity (Wildman–Crippen MR) is 60.3 cm³/mol. The molecular weight excluding hydrogens is 242 g/mol. The average Bonchev–Trinajstić information content (AvgIpc) is 2.44. The van der Waals surface area contributed by atoms with E-state index < -0.39 is 0 Å². The summed E-state index contributed by atoms with van der Waals surface area (Å²) in [6, 6.07) is 0. The second-order valence-corrected chi connectivity index (χ2v) is 5.48. The van der Waals surface area contributed by atoms with E-state index in [1.807, 2.05) is 0 Å². The zero-order chi connectivity index (χ0) is 10.3. The van der Waals surface area contributed by atoms with E-state index in [2.05, 4.69) is 51.8 Å². The van der Waals surface area contributed by atoms with E-state index in [0.717, 1.165) is 24.1 Å². The number of hydrogen-bond acceptors (Lipinski definition) is 2. The Bertz CT molecular complexity index is 349. The van der Waals surface area contributed by atoms with Crippen LogP contribution in [-0.2, 0) is 18.5 Å². The Morgan fingerprint density at radius 3 is 2.71 bits per heavy atom. The van der Waals surface area contributed by atoms with Crippen LogP contribution in [0.3, 0.4) is 0 Å². The summed E-state index contributed by atoms with van der Waals surface area (Å²) in [4.78, 5) is 0. The van der Waals surface area contributed by atoms with Crippen LogP contribution in [0.25, 0.3) is 0 Å². The number of fused-ring (bicyclic) bond motifs is 1. The summed E-state index contributed by atoms with van der Waals surface area (Å²) in [6.45, 7) is 8.49. The number of nitrogens with zero attached hydrogens (tertiary/aromatic N) is 2. The molecule has 0 bridgehead atoms. The van der Waals surface area contributed by atoms with Crippen molar-refractivity contribution in [1.29, 1.82) is 0 Å². The summed E-state index contributed by atoms with van der Waals surface area (Å²) in [6.07, 6.45) is 1.04. The third-order valence-electron chi connectivity index (χ3n) is 2.48. The maximum absolute atomic E-state index is 4.65. The van der Waals surface area contributed by atoms with Gasteiger partial charge < -0.3 is 5.32 Å². The zero-order valence-electron chi connectivity index (χ0n) is 8.89. The van der Waals surface area contributed by atoms with Gasteiger partial charge in [0.05, 0.1) is 11.2 Å². The lowest BCUT2D eigenvalue weighted by molar-refractivity contribution is 0.346. The molecule has 1 aromatic rings. The van der Waals surface area contributed by atoms with Gasteiger partial charge in [-0.2, -0.15) is 5.10 Å². The van der Waals surface area contributed by atoms with Gasteiger partial charge in [-0.15, -0.1) is 0 Å². The lowest BCUT2D eigenvalue weighted by atomic mass is 10.1. The Labute approximate surface area is 93.0 Å². The molecule has 0 spiro atoms. The van der Waals surface area contributed by atoms with E-state index in [-0.39, 0.29) is 5.54 Å². The minimum Gasteiger partial charge on any atom is -0.312 e. The second kappa shape index (κ2) is 3.35. The standard InChI is InChI=1S/C10H16BrN3/c1-10(2,3)14-9(11)7-6-12-5-4-8(7)13-14/h12H,4-6H2,1-3H3. The van der Waals surface area contributed by atoms with Gasteiger partial charge in [-0.3, -0.25) is 4.68 Å². The van der Waals surface area contributed by atoms with Gasteiger partial charge in [0.15, 0.2) is 0 Å². The van der Waals surface area contributed by atoms with Crippen LogP contribution in [0, 0.1) is 0 Å². The molecule has 1 aliphatic heterocycles. The Hall–Kier alpha value is -0.350. The molecule has 0 amide bonds. The number of halogens is 1. The molecule has 78 valence electrons. The lowest BCUT2D eigenvalue weighted by Gasteiger charge is -2.20. The highest BCUT2D eigenvalue weighted by Crippen LogP contribution is 2.28. The van der Waals surface area contributed by atoms with Crippen LogP contribution in [0.4, 0.5) is 0 Å². The van der Waals surface area contributed by atoms with Gasteiger partial charge >= 0.3 is 0 Å². The Morgan fingerprint density at radius 1 is 1.43 bits per heavy atom. The molecule has 0 aromatic carbocycles. The van der Waals surface area contributed by atoms with Crippen molar-refractivity contribution in [2.45, 2.75) is 39.3 Å². The number of rotatable bonds is 0. The van der Waals surface area contributed by atoms with Crippen LogP contribution in [-0.4, -0.2) is 16.3 Å². The van der Waals surface area contributed by atoms with Gasteiger partial charge in [-0.05, 0) is 36.7 Å². The molecule has 4 heteroatoms. The van der Waals surface area contributed by atoms with Crippen LogP contribution >= 0.6 is 15.9 Å². The molecule has 0 radical (unpaired) electrons. The van der Waals surface area contributed by atoms with Gasteiger partial charge in [0, 0.05) is 25.1 Å². The fraction of sp³-hybridized carbons (Fsp3) is 0.700. The van der Waals surface area contributed by atoms with Crippen molar-refractivity contribution in [3.05, 3.63) is 15.9 Å². The number of aromatic nitrogens is 2. The minimum absolute atomic E-state index is 0.0518. The van der Waals surface area contributed by atoms with E-state index in [0.29, 0.717) is 0 Å². The van der Waals surface area contributed by atoms with Gasteiger partial charge in [-0.1, -0.05) is 0 Å². The molecule has 14 heavy (non-hydrogen) atoms. The summed E-state index contributed by atoms with van der Waals surface area (Å²) >= 11 is 3.63. The van der Waals surface area contributed by atoms with Crippen molar-refractivity contribution in [2.24, 2.45) is 0 Å². The summed E-state index contributed by atoms with van der Waals surface area (Å²) < 4.78 is 3.21. The van der Waals surface area contributed by atoms with E-state index in [9.17, 15) is 0 Å². The fourth-order valence-electron chi connectivity index (χ4n) is 1.71. The van der Waals surface area contributed by atoms with Gasteiger partial charge in [0.25, 0.3) is 0 Å². The van der Waals surface area contributed by atoms with Crippen molar-refractivity contribution in [3.63, 3.8) is 0 Å². The Morgan fingerprint density at radius 2 is 2.14 bits per heavy atom. The van der Waals surface area contributed by atoms with Crippen molar-refractivity contribution in [2.75, 3.05) is 6.54 Å². The zero-order valence-corrected chi connectivity index (χ0v) is 10.5. The first kappa shape index (κ1) is 10.2. The van der Waals surface area contributed by atoms with Gasteiger partial charge in [0.2, 0.25) is 0 Å². The molecular formula is C10H16BrN3.